The van der Waals surface area contributed by atoms with Crippen molar-refractivity contribution in [3.05, 3.63) is 91.1 Å². The molecule has 2 heterocycles. The van der Waals surface area contributed by atoms with Crippen LogP contribution < -0.4 is 5.56 Å². The van der Waals surface area contributed by atoms with Crippen LogP contribution in [0.15, 0.2) is 73.4 Å². The topological polar surface area (TPSA) is 104 Å². The molecule has 0 bridgehead atoms. The lowest BCUT2D eigenvalue weighted by Crippen LogP contribution is -2.22. The van der Waals surface area contributed by atoms with Crippen LogP contribution in [0.25, 0.3) is 22.2 Å². The van der Waals surface area contributed by atoms with Crippen LogP contribution in [0, 0.1) is 10.1 Å². The van der Waals surface area contributed by atoms with Crippen molar-refractivity contribution < 1.29 is 9.34 Å². The van der Waals surface area contributed by atoms with Gasteiger partial charge in [0.05, 0.1) is 27.6 Å². The summed E-state index contributed by atoms with van der Waals surface area (Å²) in [6.07, 6.45) is 1.91. The maximum atomic E-state index is 12.9. The zero-order valence-electron chi connectivity index (χ0n) is 15.8. The molecule has 150 valence electrons. The molecule has 0 N–H and O–H groups in total. The van der Waals surface area contributed by atoms with Crippen molar-refractivity contribution in [2.45, 2.75) is 13.3 Å². The number of para-hydroxylation sites is 1. The highest BCUT2D eigenvalue weighted by atomic mass is 79.9. The molecule has 0 atom stereocenters. The minimum Gasteiger partial charge on any atom is -0.455 e. The fourth-order valence-corrected chi connectivity index (χ4v) is 3.43. The lowest BCUT2D eigenvalue weighted by Gasteiger charge is -2.07. The van der Waals surface area contributed by atoms with E-state index in [1.165, 1.54) is 17.0 Å². The van der Waals surface area contributed by atoms with E-state index >= 15 is 0 Å². The normalized spacial score (nSPS) is 11.4. The number of nitro benzene ring substituents is 1. The van der Waals surface area contributed by atoms with Gasteiger partial charge in [0.2, 0.25) is 0 Å². The van der Waals surface area contributed by atoms with Gasteiger partial charge < -0.3 is 4.42 Å². The van der Waals surface area contributed by atoms with Crippen molar-refractivity contribution in [3.8, 4) is 11.3 Å². The first-order chi connectivity index (χ1) is 14.5. The number of nitro groups is 1. The second kappa shape index (κ2) is 8.03. The molecule has 9 heteroatoms. The molecule has 8 nitrogen and oxygen atoms in total. The molecule has 2 aromatic heterocycles. The fraction of sp³-hybridized carbons (Fsp3) is 0.0952. The van der Waals surface area contributed by atoms with E-state index in [-0.39, 0.29) is 11.2 Å². The van der Waals surface area contributed by atoms with E-state index in [2.05, 4.69) is 26.0 Å². The first-order valence-corrected chi connectivity index (χ1v) is 9.86. The van der Waals surface area contributed by atoms with Crippen molar-refractivity contribution in [2.75, 3.05) is 0 Å². The second-order valence-corrected chi connectivity index (χ2v) is 7.30. The lowest BCUT2D eigenvalue weighted by atomic mass is 10.1. The number of fused-ring (bicyclic) bond motifs is 1. The summed E-state index contributed by atoms with van der Waals surface area (Å²) in [5.74, 6) is 1.20. The van der Waals surface area contributed by atoms with E-state index in [4.69, 9.17) is 4.42 Å². The van der Waals surface area contributed by atoms with E-state index in [0.29, 0.717) is 40.2 Å². The Kier molecular flexibility index (Phi) is 5.28. The number of rotatable bonds is 5. The molecule has 0 radical (unpaired) electrons. The van der Waals surface area contributed by atoms with Crippen LogP contribution in [-0.4, -0.2) is 20.8 Å². The lowest BCUT2D eigenvalue weighted by molar-refractivity contribution is -0.384. The number of hydrogen-bond donors (Lipinski definition) is 0. The minimum atomic E-state index is -0.461. The molecule has 30 heavy (non-hydrogen) atoms. The Balaban J connectivity index is 1.74. The van der Waals surface area contributed by atoms with Crippen molar-refractivity contribution in [2.24, 2.45) is 5.10 Å². The van der Waals surface area contributed by atoms with Crippen LogP contribution in [0.5, 0.6) is 0 Å². The van der Waals surface area contributed by atoms with Gasteiger partial charge in [0.1, 0.15) is 17.3 Å². The average Bonchev–Trinajstić information content (AvgIpc) is 3.22. The van der Waals surface area contributed by atoms with Crippen molar-refractivity contribution in [3.63, 3.8) is 0 Å². The quantitative estimate of drug-likeness (QED) is 0.239. The summed E-state index contributed by atoms with van der Waals surface area (Å²) >= 11 is 3.37. The van der Waals surface area contributed by atoms with Gasteiger partial charge in [-0.25, -0.2) is 4.98 Å². The van der Waals surface area contributed by atoms with Crippen LogP contribution in [0.2, 0.25) is 0 Å². The number of nitrogens with zero attached hydrogens (tertiary/aromatic N) is 4. The third-order valence-electron chi connectivity index (χ3n) is 4.49. The Morgan fingerprint density at radius 1 is 1.23 bits per heavy atom. The smallest absolute Gasteiger partial charge is 0.282 e. The molecule has 0 spiro atoms. The summed E-state index contributed by atoms with van der Waals surface area (Å²) in [6.45, 7) is 1.89. The van der Waals surface area contributed by atoms with Gasteiger partial charge in [-0.15, -0.1) is 0 Å². The van der Waals surface area contributed by atoms with E-state index < -0.39 is 4.92 Å². The molecule has 0 fully saturated rings. The van der Waals surface area contributed by atoms with Gasteiger partial charge in [0.25, 0.3) is 11.2 Å². The molecule has 0 amide bonds. The summed E-state index contributed by atoms with van der Waals surface area (Å²) in [6, 6.07) is 14.9. The summed E-state index contributed by atoms with van der Waals surface area (Å²) in [5, 5.41) is 15.9. The monoisotopic (exact) mass is 466 g/mol. The van der Waals surface area contributed by atoms with Gasteiger partial charge in [0, 0.05) is 17.0 Å². The van der Waals surface area contributed by atoms with Crippen molar-refractivity contribution >= 4 is 38.7 Å². The number of aromatic nitrogens is 2. The van der Waals surface area contributed by atoms with Gasteiger partial charge in [-0.05, 0) is 36.4 Å². The Morgan fingerprint density at radius 2 is 2.03 bits per heavy atom. The highest BCUT2D eigenvalue weighted by Crippen LogP contribution is 2.30. The third kappa shape index (κ3) is 3.67. The zero-order valence-corrected chi connectivity index (χ0v) is 17.4. The van der Waals surface area contributed by atoms with Crippen LogP contribution in [0.3, 0.4) is 0 Å². The maximum Gasteiger partial charge on any atom is 0.282 e. The maximum absolute atomic E-state index is 12.9. The molecule has 0 aliphatic carbocycles. The number of hydrogen-bond acceptors (Lipinski definition) is 6. The summed E-state index contributed by atoms with van der Waals surface area (Å²) in [7, 11) is 0. The Morgan fingerprint density at radius 3 is 2.80 bits per heavy atom. The SMILES string of the molecule is CCc1nc2ccc(Br)cc2c(=O)n1N=Cc1ccc(-c2ccccc2[N+](=O)[O-])o1. The average molecular weight is 467 g/mol. The molecule has 2 aromatic carbocycles. The minimum absolute atomic E-state index is 0.0517. The van der Waals surface area contributed by atoms with Crippen LogP contribution in [0.1, 0.15) is 18.5 Å². The fourth-order valence-electron chi connectivity index (χ4n) is 3.07. The molecule has 0 aliphatic heterocycles. The predicted octanol–water partition coefficient (Wildman–Crippen LogP) is 4.77. The molecule has 0 saturated carbocycles. The first kappa shape index (κ1) is 19.7. The van der Waals surface area contributed by atoms with Gasteiger partial charge in [-0.2, -0.15) is 9.78 Å². The first-order valence-electron chi connectivity index (χ1n) is 9.07. The van der Waals surface area contributed by atoms with E-state index in [1.807, 2.05) is 13.0 Å². The van der Waals surface area contributed by atoms with Gasteiger partial charge >= 0.3 is 0 Å². The van der Waals surface area contributed by atoms with E-state index in [9.17, 15) is 14.9 Å². The van der Waals surface area contributed by atoms with Crippen molar-refractivity contribution in [1.82, 2.24) is 9.66 Å². The van der Waals surface area contributed by atoms with Gasteiger partial charge in [0.15, 0.2) is 0 Å². The Bertz CT molecular complexity index is 1360. The van der Waals surface area contributed by atoms with Crippen LogP contribution >= 0.6 is 15.9 Å². The molecule has 0 saturated heterocycles. The second-order valence-electron chi connectivity index (χ2n) is 6.38. The van der Waals surface area contributed by atoms with Crippen molar-refractivity contribution in [1.29, 1.82) is 0 Å². The highest BCUT2D eigenvalue weighted by Gasteiger charge is 2.17. The zero-order chi connectivity index (χ0) is 21.3. The molecular formula is C21H15BrN4O4. The molecule has 0 aliphatic rings. The molecule has 4 rings (SSSR count). The predicted molar refractivity (Wildman–Crippen MR) is 117 cm³/mol. The number of furan rings is 1. The number of aryl methyl sites for hydroxylation is 1. The number of benzene rings is 2. The van der Waals surface area contributed by atoms with Crippen LogP contribution in [0.4, 0.5) is 5.69 Å². The van der Waals surface area contributed by atoms with Gasteiger partial charge in [-0.3, -0.25) is 14.9 Å². The number of halogens is 1. The summed E-state index contributed by atoms with van der Waals surface area (Å²) < 4.78 is 7.72. The molecule has 4 aromatic rings. The van der Waals surface area contributed by atoms with Crippen LogP contribution in [-0.2, 0) is 6.42 Å². The standard InChI is InChI=1S/C21H15BrN4O4/c1-2-20-24-17-9-7-13(22)11-16(17)21(27)25(20)23-12-14-8-10-19(30-14)15-5-3-4-6-18(15)26(28)29/h3-12H,2H2,1H3. The summed E-state index contributed by atoms with van der Waals surface area (Å²) in [5.41, 5.74) is 0.623. The van der Waals surface area contributed by atoms with E-state index in [0.717, 1.165) is 4.47 Å². The Labute approximate surface area is 178 Å². The Hall–Kier alpha value is -3.59. The van der Waals surface area contributed by atoms with Gasteiger partial charge in [-0.1, -0.05) is 35.0 Å². The largest absolute Gasteiger partial charge is 0.455 e. The van der Waals surface area contributed by atoms with E-state index in [1.54, 1.807) is 42.5 Å². The highest BCUT2D eigenvalue weighted by molar-refractivity contribution is 9.10. The summed E-state index contributed by atoms with van der Waals surface area (Å²) in [4.78, 5) is 28.2. The third-order valence-corrected chi connectivity index (χ3v) is 4.98. The molecule has 0 unspecified atom stereocenters. The molecular weight excluding hydrogens is 452 g/mol.